The second-order valence-electron chi connectivity index (χ2n) is 4.57. The molecule has 1 aromatic rings. The van der Waals surface area contributed by atoms with Crippen LogP contribution in [0, 0.1) is 5.92 Å². The summed E-state index contributed by atoms with van der Waals surface area (Å²) < 4.78 is 1.95. The van der Waals surface area contributed by atoms with Gasteiger partial charge in [0.1, 0.15) is 0 Å². The maximum absolute atomic E-state index is 5.95. The van der Waals surface area contributed by atoms with Crippen LogP contribution in [0.2, 0.25) is 0 Å². The molecule has 1 rings (SSSR count). The number of hydrogen-bond donors (Lipinski definition) is 1. The number of hydrogen-bond acceptors (Lipinski definition) is 2. The third kappa shape index (κ3) is 2.84. The fraction of sp³-hybridized carbons (Fsp3) is 0.700. The molecule has 0 aliphatic carbocycles. The van der Waals surface area contributed by atoms with Gasteiger partial charge in [-0.05, 0) is 19.8 Å². The number of nitrogens with zero attached hydrogens (tertiary/aromatic N) is 2. The van der Waals surface area contributed by atoms with Gasteiger partial charge in [-0.2, -0.15) is 5.10 Å². The van der Waals surface area contributed by atoms with Crippen LogP contribution in [0.5, 0.6) is 0 Å². The highest BCUT2D eigenvalue weighted by Crippen LogP contribution is 2.15. The fourth-order valence-electron chi connectivity index (χ4n) is 1.17. The van der Waals surface area contributed by atoms with E-state index in [0.717, 1.165) is 12.1 Å². The highest BCUT2D eigenvalue weighted by Gasteiger charge is 2.15. The summed E-state index contributed by atoms with van der Waals surface area (Å²) in [4.78, 5) is 0. The van der Waals surface area contributed by atoms with Gasteiger partial charge in [0, 0.05) is 23.8 Å². The van der Waals surface area contributed by atoms with Gasteiger partial charge in [-0.15, -0.1) is 0 Å². The SMILES string of the molecule is CC(C)Cn1cc(C(C)(C)N)cn1. The van der Waals surface area contributed by atoms with Crippen molar-refractivity contribution >= 4 is 0 Å². The predicted octanol–water partition coefficient (Wildman–Crippen LogP) is 1.73. The molecule has 74 valence electrons. The van der Waals surface area contributed by atoms with Crippen LogP contribution in [0.1, 0.15) is 33.3 Å². The predicted molar refractivity (Wildman–Crippen MR) is 54.3 cm³/mol. The molecule has 3 heteroatoms. The molecule has 13 heavy (non-hydrogen) atoms. The molecule has 1 heterocycles. The van der Waals surface area contributed by atoms with Crippen molar-refractivity contribution in [2.75, 3.05) is 0 Å². The first kappa shape index (κ1) is 10.3. The lowest BCUT2D eigenvalue weighted by molar-refractivity contribution is 0.480. The zero-order valence-electron chi connectivity index (χ0n) is 8.91. The molecule has 1 aromatic heterocycles. The Balaban J connectivity index is 2.75. The van der Waals surface area contributed by atoms with Crippen LogP contribution in [0.4, 0.5) is 0 Å². The number of rotatable bonds is 3. The third-order valence-corrected chi connectivity index (χ3v) is 1.93. The topological polar surface area (TPSA) is 43.8 Å². The van der Waals surface area contributed by atoms with E-state index in [9.17, 15) is 0 Å². The van der Waals surface area contributed by atoms with Crippen LogP contribution in [0.15, 0.2) is 12.4 Å². The van der Waals surface area contributed by atoms with Crippen LogP contribution in [-0.4, -0.2) is 9.78 Å². The molecule has 3 nitrogen and oxygen atoms in total. The maximum Gasteiger partial charge on any atom is 0.0540 e. The zero-order chi connectivity index (χ0) is 10.1. The van der Waals surface area contributed by atoms with Gasteiger partial charge in [0.15, 0.2) is 0 Å². The molecule has 2 N–H and O–H groups in total. The molecule has 0 saturated heterocycles. The van der Waals surface area contributed by atoms with Gasteiger partial charge >= 0.3 is 0 Å². The molecule has 0 amide bonds. The van der Waals surface area contributed by atoms with E-state index in [1.54, 1.807) is 0 Å². The largest absolute Gasteiger partial charge is 0.322 e. The minimum Gasteiger partial charge on any atom is -0.322 e. The van der Waals surface area contributed by atoms with E-state index >= 15 is 0 Å². The molecule has 0 spiro atoms. The molecule has 0 aliphatic rings. The van der Waals surface area contributed by atoms with Crippen molar-refractivity contribution in [3.63, 3.8) is 0 Å². The minimum absolute atomic E-state index is 0.283. The first-order valence-electron chi connectivity index (χ1n) is 4.71. The number of nitrogens with two attached hydrogens (primary N) is 1. The second-order valence-corrected chi connectivity index (χ2v) is 4.57. The summed E-state index contributed by atoms with van der Waals surface area (Å²) in [5.74, 6) is 0.619. The zero-order valence-corrected chi connectivity index (χ0v) is 8.91. The summed E-state index contributed by atoms with van der Waals surface area (Å²) in [5.41, 5.74) is 6.76. The lowest BCUT2D eigenvalue weighted by Crippen LogP contribution is -2.28. The van der Waals surface area contributed by atoms with Crippen molar-refractivity contribution in [3.8, 4) is 0 Å². The molecule has 0 fully saturated rings. The lowest BCUT2D eigenvalue weighted by Gasteiger charge is -2.15. The lowest BCUT2D eigenvalue weighted by atomic mass is 10.00. The Morgan fingerprint density at radius 1 is 1.54 bits per heavy atom. The summed E-state index contributed by atoms with van der Waals surface area (Å²) in [6.07, 6.45) is 3.88. The Hall–Kier alpha value is -0.830. The van der Waals surface area contributed by atoms with E-state index in [1.165, 1.54) is 0 Å². The van der Waals surface area contributed by atoms with E-state index in [4.69, 9.17) is 5.73 Å². The van der Waals surface area contributed by atoms with Gasteiger partial charge in [-0.25, -0.2) is 0 Å². The van der Waals surface area contributed by atoms with Crippen molar-refractivity contribution in [2.45, 2.75) is 39.8 Å². The highest BCUT2D eigenvalue weighted by molar-refractivity contribution is 5.14. The van der Waals surface area contributed by atoms with E-state index in [0.29, 0.717) is 5.92 Å². The molecule has 0 aromatic carbocycles. The smallest absolute Gasteiger partial charge is 0.0540 e. The van der Waals surface area contributed by atoms with E-state index < -0.39 is 0 Å². The van der Waals surface area contributed by atoms with Gasteiger partial charge in [0.05, 0.1) is 6.20 Å². The summed E-state index contributed by atoms with van der Waals surface area (Å²) in [6.45, 7) is 9.29. The van der Waals surface area contributed by atoms with Gasteiger partial charge in [0.2, 0.25) is 0 Å². The Morgan fingerprint density at radius 3 is 2.54 bits per heavy atom. The van der Waals surface area contributed by atoms with Crippen molar-refractivity contribution in [3.05, 3.63) is 18.0 Å². The maximum atomic E-state index is 5.95. The Bertz CT molecular complexity index is 268. The standard InChI is InChI=1S/C10H19N3/c1-8(2)6-13-7-9(5-12-13)10(3,4)11/h5,7-8H,6,11H2,1-4H3. The van der Waals surface area contributed by atoms with Crippen molar-refractivity contribution in [1.82, 2.24) is 9.78 Å². The second kappa shape index (κ2) is 3.50. The first-order chi connectivity index (χ1) is 5.89. The minimum atomic E-state index is -0.283. The molecule has 0 bridgehead atoms. The molecule has 0 unspecified atom stereocenters. The van der Waals surface area contributed by atoms with Gasteiger partial charge in [-0.3, -0.25) is 4.68 Å². The van der Waals surface area contributed by atoms with Crippen molar-refractivity contribution < 1.29 is 0 Å². The Labute approximate surface area is 79.9 Å². The molecule has 0 aliphatic heterocycles. The first-order valence-corrected chi connectivity index (χ1v) is 4.71. The summed E-state index contributed by atoms with van der Waals surface area (Å²) in [5, 5.41) is 4.26. The Morgan fingerprint density at radius 2 is 2.15 bits per heavy atom. The van der Waals surface area contributed by atoms with Crippen molar-refractivity contribution in [2.24, 2.45) is 11.7 Å². The molecular formula is C10H19N3. The van der Waals surface area contributed by atoms with Gasteiger partial charge in [-0.1, -0.05) is 13.8 Å². The van der Waals surface area contributed by atoms with E-state index in [2.05, 4.69) is 18.9 Å². The van der Waals surface area contributed by atoms with E-state index in [1.807, 2.05) is 30.9 Å². The third-order valence-electron chi connectivity index (χ3n) is 1.93. The average Bonchev–Trinajstić information content (AvgIpc) is 2.32. The molecule has 0 atom stereocenters. The van der Waals surface area contributed by atoms with Crippen LogP contribution in [0.3, 0.4) is 0 Å². The average molecular weight is 181 g/mol. The summed E-state index contributed by atoms with van der Waals surface area (Å²) in [6, 6.07) is 0. The monoisotopic (exact) mass is 181 g/mol. The van der Waals surface area contributed by atoms with Gasteiger partial charge in [0.25, 0.3) is 0 Å². The molecule has 0 radical (unpaired) electrons. The highest BCUT2D eigenvalue weighted by atomic mass is 15.3. The van der Waals surface area contributed by atoms with Crippen molar-refractivity contribution in [1.29, 1.82) is 0 Å². The number of aromatic nitrogens is 2. The summed E-state index contributed by atoms with van der Waals surface area (Å²) in [7, 11) is 0. The fourth-order valence-corrected chi connectivity index (χ4v) is 1.17. The summed E-state index contributed by atoms with van der Waals surface area (Å²) >= 11 is 0. The van der Waals surface area contributed by atoms with E-state index in [-0.39, 0.29) is 5.54 Å². The Kier molecular flexibility index (Phi) is 2.76. The normalized spacial score (nSPS) is 12.5. The van der Waals surface area contributed by atoms with Crippen LogP contribution < -0.4 is 5.73 Å². The van der Waals surface area contributed by atoms with Crippen LogP contribution in [0.25, 0.3) is 0 Å². The quantitative estimate of drug-likeness (QED) is 0.771. The molecular weight excluding hydrogens is 162 g/mol. The van der Waals surface area contributed by atoms with Gasteiger partial charge < -0.3 is 5.73 Å². The van der Waals surface area contributed by atoms with Crippen LogP contribution >= 0.6 is 0 Å². The molecule has 0 saturated carbocycles. The van der Waals surface area contributed by atoms with Crippen LogP contribution in [-0.2, 0) is 12.1 Å².